The van der Waals surface area contributed by atoms with E-state index in [1.54, 1.807) is 6.07 Å². The SMILES string of the molecule is CCCN1CCN(Cc2cccc(C(=O)Cl)c2)CC1. The largest absolute Gasteiger partial charge is 0.301 e. The van der Waals surface area contributed by atoms with Gasteiger partial charge in [-0.3, -0.25) is 9.69 Å². The van der Waals surface area contributed by atoms with Gasteiger partial charge in [-0.15, -0.1) is 0 Å². The summed E-state index contributed by atoms with van der Waals surface area (Å²) in [7, 11) is 0. The lowest BCUT2D eigenvalue weighted by molar-refractivity contribution is 0.108. The highest BCUT2D eigenvalue weighted by atomic mass is 35.5. The summed E-state index contributed by atoms with van der Waals surface area (Å²) in [6.45, 7) is 8.80. The van der Waals surface area contributed by atoms with Crippen molar-refractivity contribution >= 4 is 16.8 Å². The molecule has 1 aliphatic rings. The summed E-state index contributed by atoms with van der Waals surface area (Å²) in [5, 5.41) is -0.380. The molecule has 104 valence electrons. The third-order valence-electron chi connectivity index (χ3n) is 3.56. The predicted molar refractivity (Wildman–Crippen MR) is 78.6 cm³/mol. The molecule has 0 unspecified atom stereocenters. The lowest BCUT2D eigenvalue weighted by Crippen LogP contribution is -2.45. The molecule has 3 nitrogen and oxygen atoms in total. The van der Waals surface area contributed by atoms with Crippen molar-refractivity contribution in [3.63, 3.8) is 0 Å². The van der Waals surface area contributed by atoms with Gasteiger partial charge in [0.15, 0.2) is 0 Å². The van der Waals surface area contributed by atoms with Crippen LogP contribution in [0.25, 0.3) is 0 Å². The van der Waals surface area contributed by atoms with Crippen molar-refractivity contribution in [3.8, 4) is 0 Å². The van der Waals surface area contributed by atoms with Gasteiger partial charge >= 0.3 is 0 Å². The lowest BCUT2D eigenvalue weighted by atomic mass is 10.1. The molecule has 4 heteroatoms. The summed E-state index contributed by atoms with van der Waals surface area (Å²) >= 11 is 5.51. The Labute approximate surface area is 120 Å². The summed E-state index contributed by atoms with van der Waals surface area (Å²) in [6, 6.07) is 7.62. The third-order valence-corrected chi connectivity index (χ3v) is 3.78. The number of rotatable bonds is 5. The first-order valence-corrected chi connectivity index (χ1v) is 7.30. The minimum Gasteiger partial charge on any atom is -0.301 e. The molecule has 0 aliphatic carbocycles. The van der Waals surface area contributed by atoms with Gasteiger partial charge in [-0.2, -0.15) is 0 Å². The Bertz CT molecular complexity index is 428. The molecule has 0 spiro atoms. The molecule has 0 saturated carbocycles. The number of carbonyl (C=O) groups excluding carboxylic acids is 1. The van der Waals surface area contributed by atoms with Crippen molar-refractivity contribution in [2.45, 2.75) is 19.9 Å². The zero-order valence-corrected chi connectivity index (χ0v) is 12.2. The summed E-state index contributed by atoms with van der Waals surface area (Å²) < 4.78 is 0. The van der Waals surface area contributed by atoms with Crippen LogP contribution in [0, 0.1) is 0 Å². The smallest absolute Gasteiger partial charge is 0.252 e. The molecule has 1 heterocycles. The van der Waals surface area contributed by atoms with Crippen LogP contribution < -0.4 is 0 Å². The van der Waals surface area contributed by atoms with Crippen LogP contribution in [0.1, 0.15) is 29.3 Å². The van der Waals surface area contributed by atoms with Crippen LogP contribution in [0.2, 0.25) is 0 Å². The highest BCUT2D eigenvalue weighted by Gasteiger charge is 2.16. The Hall–Kier alpha value is -0.900. The van der Waals surface area contributed by atoms with Gasteiger partial charge in [0.05, 0.1) is 0 Å². The average molecular weight is 281 g/mol. The van der Waals surface area contributed by atoms with E-state index in [2.05, 4.69) is 22.8 Å². The molecule has 1 aromatic carbocycles. The molecular formula is C15H21ClN2O. The molecule has 2 rings (SSSR count). The molecule has 1 fully saturated rings. The van der Waals surface area contributed by atoms with Crippen molar-refractivity contribution < 1.29 is 4.79 Å². The maximum Gasteiger partial charge on any atom is 0.252 e. The highest BCUT2D eigenvalue weighted by Crippen LogP contribution is 2.12. The van der Waals surface area contributed by atoms with E-state index in [0.717, 1.165) is 38.3 Å². The van der Waals surface area contributed by atoms with Gasteiger partial charge in [0.25, 0.3) is 5.24 Å². The quantitative estimate of drug-likeness (QED) is 0.775. The zero-order valence-electron chi connectivity index (χ0n) is 11.4. The molecule has 19 heavy (non-hydrogen) atoms. The summed E-state index contributed by atoms with van der Waals surface area (Å²) in [4.78, 5) is 16.1. The van der Waals surface area contributed by atoms with Crippen LogP contribution in [0.4, 0.5) is 0 Å². The Morgan fingerprint density at radius 3 is 2.53 bits per heavy atom. The number of carbonyl (C=O) groups is 1. The van der Waals surface area contributed by atoms with E-state index in [1.807, 2.05) is 12.1 Å². The highest BCUT2D eigenvalue weighted by molar-refractivity contribution is 6.67. The van der Waals surface area contributed by atoms with Crippen LogP contribution in [-0.2, 0) is 6.54 Å². The summed E-state index contributed by atoms with van der Waals surface area (Å²) in [5.74, 6) is 0. The number of hydrogen-bond acceptors (Lipinski definition) is 3. The molecule has 0 N–H and O–H groups in total. The molecular weight excluding hydrogens is 260 g/mol. The molecule has 0 radical (unpaired) electrons. The van der Waals surface area contributed by atoms with Crippen LogP contribution in [0.15, 0.2) is 24.3 Å². The van der Waals surface area contributed by atoms with E-state index >= 15 is 0 Å². The van der Waals surface area contributed by atoms with Crippen molar-refractivity contribution in [1.82, 2.24) is 9.80 Å². The molecule has 1 aliphatic heterocycles. The second-order valence-corrected chi connectivity index (χ2v) is 5.44. The molecule has 0 bridgehead atoms. The molecule has 1 saturated heterocycles. The van der Waals surface area contributed by atoms with E-state index in [4.69, 9.17) is 11.6 Å². The first kappa shape index (κ1) is 14.5. The topological polar surface area (TPSA) is 23.6 Å². The maximum absolute atomic E-state index is 11.1. The predicted octanol–water partition coefficient (Wildman–Crippen LogP) is 2.59. The van der Waals surface area contributed by atoms with E-state index in [9.17, 15) is 4.79 Å². The minimum atomic E-state index is -0.380. The second-order valence-electron chi connectivity index (χ2n) is 5.09. The van der Waals surface area contributed by atoms with Gasteiger partial charge in [-0.1, -0.05) is 25.1 Å². The first-order chi connectivity index (χ1) is 9.19. The Kier molecular flexibility index (Phi) is 5.37. The lowest BCUT2D eigenvalue weighted by Gasteiger charge is -2.34. The fourth-order valence-electron chi connectivity index (χ4n) is 2.54. The van der Waals surface area contributed by atoms with Gasteiger partial charge in [-0.25, -0.2) is 0 Å². The van der Waals surface area contributed by atoms with Crippen molar-refractivity contribution in [3.05, 3.63) is 35.4 Å². The second kappa shape index (κ2) is 7.04. The number of halogens is 1. The van der Waals surface area contributed by atoms with E-state index < -0.39 is 0 Å². The van der Waals surface area contributed by atoms with Crippen LogP contribution in [-0.4, -0.2) is 47.8 Å². The molecule has 0 atom stereocenters. The fourth-order valence-corrected chi connectivity index (χ4v) is 2.65. The zero-order chi connectivity index (χ0) is 13.7. The number of benzene rings is 1. The first-order valence-electron chi connectivity index (χ1n) is 6.92. The van der Waals surface area contributed by atoms with Gasteiger partial charge in [0, 0.05) is 38.3 Å². The standard InChI is InChI=1S/C15H21ClN2O/c1-2-6-17-7-9-18(10-8-17)12-13-4-3-5-14(11-13)15(16)19/h3-5,11H,2,6-10,12H2,1H3. The van der Waals surface area contributed by atoms with Gasteiger partial charge < -0.3 is 4.90 Å². The van der Waals surface area contributed by atoms with Gasteiger partial charge in [0.2, 0.25) is 0 Å². The van der Waals surface area contributed by atoms with Crippen LogP contribution in [0.5, 0.6) is 0 Å². The van der Waals surface area contributed by atoms with E-state index in [-0.39, 0.29) is 5.24 Å². The Morgan fingerprint density at radius 1 is 1.21 bits per heavy atom. The average Bonchev–Trinajstić information content (AvgIpc) is 2.42. The van der Waals surface area contributed by atoms with Crippen LogP contribution in [0.3, 0.4) is 0 Å². The van der Waals surface area contributed by atoms with E-state index in [1.165, 1.54) is 13.0 Å². The Balaban J connectivity index is 1.88. The molecule has 1 aromatic rings. The van der Waals surface area contributed by atoms with Gasteiger partial charge in [-0.05, 0) is 36.2 Å². The van der Waals surface area contributed by atoms with E-state index in [0.29, 0.717) is 5.56 Å². The summed E-state index contributed by atoms with van der Waals surface area (Å²) in [5.41, 5.74) is 1.75. The van der Waals surface area contributed by atoms with Crippen molar-refractivity contribution in [1.29, 1.82) is 0 Å². The minimum absolute atomic E-state index is 0.380. The fraction of sp³-hybridized carbons (Fsp3) is 0.533. The van der Waals surface area contributed by atoms with Gasteiger partial charge in [0.1, 0.15) is 0 Å². The Morgan fingerprint density at radius 2 is 1.89 bits per heavy atom. The van der Waals surface area contributed by atoms with Crippen molar-refractivity contribution in [2.75, 3.05) is 32.7 Å². The number of hydrogen-bond donors (Lipinski definition) is 0. The monoisotopic (exact) mass is 280 g/mol. The number of nitrogens with zero attached hydrogens (tertiary/aromatic N) is 2. The maximum atomic E-state index is 11.1. The molecule has 0 amide bonds. The van der Waals surface area contributed by atoms with Crippen LogP contribution >= 0.6 is 11.6 Å². The number of piperazine rings is 1. The summed E-state index contributed by atoms with van der Waals surface area (Å²) in [6.07, 6.45) is 1.22. The third kappa shape index (κ3) is 4.30. The molecule has 0 aromatic heterocycles. The van der Waals surface area contributed by atoms with Crippen molar-refractivity contribution in [2.24, 2.45) is 0 Å². The normalized spacial score (nSPS) is 17.6.